The van der Waals surface area contributed by atoms with Crippen LogP contribution in [0, 0.1) is 0 Å². The molecule has 0 N–H and O–H groups in total. The third-order valence-electron chi connectivity index (χ3n) is 3.03. The van der Waals surface area contributed by atoms with E-state index in [2.05, 4.69) is 20.9 Å². The van der Waals surface area contributed by atoms with Crippen molar-refractivity contribution in [1.29, 1.82) is 0 Å². The Labute approximate surface area is 130 Å². The first-order valence-corrected chi connectivity index (χ1v) is 7.25. The summed E-state index contributed by atoms with van der Waals surface area (Å²) in [6.45, 7) is 0. The molecule has 0 saturated carbocycles. The minimum Gasteiger partial charge on any atom is -0.436 e. The molecule has 0 radical (unpaired) electrons. The summed E-state index contributed by atoms with van der Waals surface area (Å²) in [6, 6.07) is 11.4. The van der Waals surface area contributed by atoms with Gasteiger partial charge in [0, 0.05) is 29.2 Å². The summed E-state index contributed by atoms with van der Waals surface area (Å²) in [4.78, 5) is 6.52. The van der Waals surface area contributed by atoms with Crippen molar-refractivity contribution in [2.75, 3.05) is 19.0 Å². The number of nitrogens with zero attached hydrogens (tertiary/aromatic N) is 2. The predicted octanol–water partition coefficient (Wildman–Crippen LogP) is 4.98. The average Bonchev–Trinajstić information content (AvgIpc) is 2.81. The maximum absolute atomic E-state index is 5.96. The van der Waals surface area contributed by atoms with Gasteiger partial charge in [-0.2, -0.15) is 0 Å². The molecule has 3 nitrogen and oxygen atoms in total. The van der Waals surface area contributed by atoms with Crippen molar-refractivity contribution in [2.45, 2.75) is 0 Å². The van der Waals surface area contributed by atoms with Crippen LogP contribution < -0.4 is 4.90 Å². The Bertz CT molecular complexity index is 783. The van der Waals surface area contributed by atoms with Crippen LogP contribution in [0.3, 0.4) is 0 Å². The maximum Gasteiger partial charge on any atom is 0.227 e. The molecule has 20 heavy (non-hydrogen) atoms. The lowest BCUT2D eigenvalue weighted by Gasteiger charge is -2.14. The minimum atomic E-state index is 0.591. The zero-order valence-corrected chi connectivity index (χ0v) is 13.4. The third kappa shape index (κ3) is 2.41. The minimum absolute atomic E-state index is 0.591. The highest BCUT2D eigenvalue weighted by Gasteiger charge is 2.11. The fraction of sp³-hybridized carbons (Fsp3) is 0.133. The summed E-state index contributed by atoms with van der Waals surface area (Å²) < 4.78 is 6.76. The van der Waals surface area contributed by atoms with Gasteiger partial charge in [-0.25, -0.2) is 4.98 Å². The summed E-state index contributed by atoms with van der Waals surface area (Å²) in [5, 5.41) is 0.654. The lowest BCUT2D eigenvalue weighted by molar-refractivity contribution is 0.620. The van der Waals surface area contributed by atoms with Gasteiger partial charge in [-0.15, -0.1) is 0 Å². The summed E-state index contributed by atoms with van der Waals surface area (Å²) in [5.41, 5.74) is 3.53. The summed E-state index contributed by atoms with van der Waals surface area (Å²) in [6.07, 6.45) is 0. The molecule has 0 bridgehead atoms. The number of oxazole rings is 1. The SMILES string of the molecule is CN(C)c1ccc(-c2nc3cc(Cl)ccc3o2)cc1Br. The van der Waals surface area contributed by atoms with Crippen LogP contribution in [0.25, 0.3) is 22.6 Å². The molecule has 1 heterocycles. The van der Waals surface area contributed by atoms with Gasteiger partial charge in [-0.3, -0.25) is 0 Å². The zero-order valence-electron chi connectivity index (χ0n) is 11.0. The van der Waals surface area contributed by atoms with Crippen LogP contribution in [0.5, 0.6) is 0 Å². The molecule has 0 aliphatic heterocycles. The molecule has 3 aromatic rings. The van der Waals surface area contributed by atoms with Gasteiger partial charge in [0.2, 0.25) is 5.89 Å². The Kier molecular flexibility index (Phi) is 3.44. The van der Waals surface area contributed by atoms with Gasteiger partial charge in [0.25, 0.3) is 0 Å². The van der Waals surface area contributed by atoms with Crippen LogP contribution in [-0.4, -0.2) is 19.1 Å². The van der Waals surface area contributed by atoms with Crippen LogP contribution in [0.4, 0.5) is 5.69 Å². The van der Waals surface area contributed by atoms with E-state index >= 15 is 0 Å². The first kappa shape index (κ1) is 13.5. The standard InChI is InChI=1S/C15H12BrClN2O/c1-19(2)13-5-3-9(7-11(13)16)15-18-12-8-10(17)4-6-14(12)20-15/h3-8H,1-2H3. The summed E-state index contributed by atoms with van der Waals surface area (Å²) >= 11 is 9.53. The Morgan fingerprint density at radius 2 is 1.95 bits per heavy atom. The topological polar surface area (TPSA) is 29.3 Å². The highest BCUT2D eigenvalue weighted by atomic mass is 79.9. The van der Waals surface area contributed by atoms with Gasteiger partial charge in [0.05, 0.1) is 5.69 Å². The molecule has 0 fully saturated rings. The number of benzene rings is 2. The number of rotatable bonds is 2. The quantitative estimate of drug-likeness (QED) is 0.652. The largest absolute Gasteiger partial charge is 0.436 e. The molecule has 3 rings (SSSR count). The van der Waals surface area contributed by atoms with Crippen LogP contribution in [0.2, 0.25) is 5.02 Å². The second-order valence-electron chi connectivity index (χ2n) is 4.69. The average molecular weight is 352 g/mol. The van der Waals surface area contributed by atoms with E-state index in [1.165, 1.54) is 0 Å². The molecule has 2 aromatic carbocycles. The fourth-order valence-corrected chi connectivity index (χ4v) is 2.93. The molecule has 0 atom stereocenters. The van der Waals surface area contributed by atoms with Crippen LogP contribution >= 0.6 is 27.5 Å². The lowest BCUT2D eigenvalue weighted by Crippen LogP contribution is -2.09. The molecule has 0 saturated heterocycles. The highest BCUT2D eigenvalue weighted by Crippen LogP contribution is 2.32. The highest BCUT2D eigenvalue weighted by molar-refractivity contribution is 9.10. The summed E-state index contributed by atoms with van der Waals surface area (Å²) in [5.74, 6) is 0.591. The van der Waals surface area contributed by atoms with Crippen molar-refractivity contribution in [3.8, 4) is 11.5 Å². The molecule has 0 aliphatic carbocycles. The van der Waals surface area contributed by atoms with Crippen molar-refractivity contribution in [2.24, 2.45) is 0 Å². The van der Waals surface area contributed by atoms with E-state index in [0.717, 1.165) is 26.8 Å². The van der Waals surface area contributed by atoms with E-state index < -0.39 is 0 Å². The van der Waals surface area contributed by atoms with Crippen molar-refractivity contribution < 1.29 is 4.42 Å². The number of halogens is 2. The van der Waals surface area contributed by atoms with Gasteiger partial charge in [0.15, 0.2) is 5.58 Å². The molecule has 5 heteroatoms. The lowest BCUT2D eigenvalue weighted by atomic mass is 10.2. The Morgan fingerprint density at radius 1 is 1.15 bits per heavy atom. The first-order valence-electron chi connectivity index (χ1n) is 6.08. The zero-order chi connectivity index (χ0) is 14.3. The second-order valence-corrected chi connectivity index (χ2v) is 5.98. The van der Waals surface area contributed by atoms with Gasteiger partial charge in [0.1, 0.15) is 5.52 Å². The molecule has 0 spiro atoms. The van der Waals surface area contributed by atoms with E-state index in [4.69, 9.17) is 16.0 Å². The smallest absolute Gasteiger partial charge is 0.227 e. The van der Waals surface area contributed by atoms with Crippen molar-refractivity contribution in [3.63, 3.8) is 0 Å². The number of hydrogen-bond donors (Lipinski definition) is 0. The summed E-state index contributed by atoms with van der Waals surface area (Å²) in [7, 11) is 4.00. The van der Waals surface area contributed by atoms with Crippen LogP contribution in [-0.2, 0) is 0 Å². The third-order valence-corrected chi connectivity index (χ3v) is 3.90. The Balaban J connectivity index is 2.08. The Morgan fingerprint density at radius 3 is 2.65 bits per heavy atom. The first-order chi connectivity index (χ1) is 9.54. The van der Waals surface area contributed by atoms with E-state index in [1.54, 1.807) is 12.1 Å². The molecule has 102 valence electrons. The Hall–Kier alpha value is -1.52. The number of hydrogen-bond acceptors (Lipinski definition) is 3. The van der Waals surface area contributed by atoms with E-state index in [-0.39, 0.29) is 0 Å². The second kappa shape index (κ2) is 5.11. The van der Waals surface area contributed by atoms with E-state index in [1.807, 2.05) is 43.3 Å². The monoisotopic (exact) mass is 350 g/mol. The normalized spacial score (nSPS) is 11.0. The van der Waals surface area contributed by atoms with Crippen molar-refractivity contribution in [3.05, 3.63) is 45.9 Å². The molecule has 0 amide bonds. The molecule has 1 aromatic heterocycles. The predicted molar refractivity (Wildman–Crippen MR) is 86.5 cm³/mol. The van der Waals surface area contributed by atoms with Crippen LogP contribution in [0.1, 0.15) is 0 Å². The van der Waals surface area contributed by atoms with Gasteiger partial charge in [-0.1, -0.05) is 11.6 Å². The molecular weight excluding hydrogens is 340 g/mol. The van der Waals surface area contributed by atoms with Crippen molar-refractivity contribution in [1.82, 2.24) is 4.98 Å². The van der Waals surface area contributed by atoms with Crippen molar-refractivity contribution >= 4 is 44.3 Å². The number of fused-ring (bicyclic) bond motifs is 1. The van der Waals surface area contributed by atoms with Gasteiger partial charge < -0.3 is 9.32 Å². The maximum atomic E-state index is 5.96. The van der Waals surface area contributed by atoms with Crippen LogP contribution in [0.15, 0.2) is 45.3 Å². The fourth-order valence-electron chi connectivity index (χ4n) is 2.03. The molecule has 0 unspecified atom stereocenters. The number of anilines is 1. The van der Waals surface area contributed by atoms with Gasteiger partial charge >= 0.3 is 0 Å². The molecule has 0 aliphatic rings. The van der Waals surface area contributed by atoms with E-state index in [9.17, 15) is 0 Å². The molecular formula is C15H12BrClN2O. The van der Waals surface area contributed by atoms with E-state index in [0.29, 0.717) is 10.9 Å². The number of aromatic nitrogens is 1. The van der Waals surface area contributed by atoms with Gasteiger partial charge in [-0.05, 0) is 52.3 Å².